The molecule has 0 amide bonds. The molecule has 2 aliphatic heterocycles. The number of allylic oxidation sites excluding steroid dienone is 2. The summed E-state index contributed by atoms with van der Waals surface area (Å²) in [5.74, 6) is -0.447. The monoisotopic (exact) mass is 386 g/mol. The zero-order valence-electron chi connectivity index (χ0n) is 15.6. The van der Waals surface area contributed by atoms with Crippen LogP contribution >= 0.6 is 0 Å². The van der Waals surface area contributed by atoms with E-state index in [0.717, 1.165) is 26.2 Å². The Bertz CT molecular complexity index is 1090. The molecule has 5 rings (SSSR count). The molecule has 2 saturated heterocycles. The summed E-state index contributed by atoms with van der Waals surface area (Å²) in [5.41, 5.74) is 2.29. The molecule has 2 fully saturated rings. The molecule has 2 aromatic rings. The van der Waals surface area contributed by atoms with E-state index in [2.05, 4.69) is 0 Å². The van der Waals surface area contributed by atoms with Crippen molar-refractivity contribution in [3.63, 3.8) is 0 Å². The van der Waals surface area contributed by atoms with E-state index in [1.165, 1.54) is 6.08 Å². The van der Waals surface area contributed by atoms with Crippen LogP contribution < -0.4 is 4.74 Å². The third kappa shape index (κ3) is 3.33. The summed E-state index contributed by atoms with van der Waals surface area (Å²) >= 11 is 0. The van der Waals surface area contributed by atoms with Crippen LogP contribution in [0, 0.1) is 0 Å². The van der Waals surface area contributed by atoms with Crippen LogP contribution in [0.2, 0.25) is 0 Å². The molecule has 6 heteroatoms. The average molecular weight is 386 g/mol. The van der Waals surface area contributed by atoms with Gasteiger partial charge in [0.2, 0.25) is 11.6 Å². The van der Waals surface area contributed by atoms with Crippen molar-refractivity contribution in [2.75, 3.05) is 26.2 Å². The molecule has 6 nitrogen and oxygen atoms in total. The first-order valence-electron chi connectivity index (χ1n) is 9.54. The van der Waals surface area contributed by atoms with Gasteiger partial charge in [-0.15, -0.1) is 0 Å². The number of ketones is 2. The zero-order chi connectivity index (χ0) is 20.0. The summed E-state index contributed by atoms with van der Waals surface area (Å²) < 4.78 is 5.50. The Morgan fingerprint density at radius 1 is 0.862 bits per heavy atom. The van der Waals surface area contributed by atoms with Crippen LogP contribution in [0.15, 0.2) is 72.1 Å². The van der Waals surface area contributed by atoms with Gasteiger partial charge in [0.05, 0.1) is 22.5 Å². The minimum absolute atomic E-state index is 0.148. The summed E-state index contributed by atoms with van der Waals surface area (Å²) in [5, 5.41) is 0. The van der Waals surface area contributed by atoms with Gasteiger partial charge in [-0.3, -0.25) is 9.59 Å². The molecule has 29 heavy (non-hydrogen) atoms. The quantitative estimate of drug-likeness (QED) is 0.340. The highest BCUT2D eigenvalue weighted by atomic mass is 16.5. The van der Waals surface area contributed by atoms with Gasteiger partial charge in [0.1, 0.15) is 5.75 Å². The number of benzene rings is 2. The van der Waals surface area contributed by atoms with Gasteiger partial charge >= 0.3 is 5.97 Å². The Balaban J connectivity index is 1.50. The third-order valence-electron chi connectivity index (χ3n) is 5.09. The molecule has 1 aliphatic carbocycles. The highest BCUT2D eigenvalue weighted by molar-refractivity contribution is 6.38. The van der Waals surface area contributed by atoms with Crippen molar-refractivity contribution in [3.8, 4) is 5.75 Å². The fourth-order valence-electron chi connectivity index (χ4n) is 3.45. The SMILES string of the molecule is O=C1C=C(N2CC2)C(=O)C(c2cccc(OC(=O)c3ccccc3)c2)=C1N1CC1. The van der Waals surface area contributed by atoms with Crippen LogP contribution in [-0.2, 0) is 9.59 Å². The number of esters is 1. The number of hydrogen-bond donors (Lipinski definition) is 0. The van der Waals surface area contributed by atoms with Crippen LogP contribution in [0.25, 0.3) is 5.57 Å². The lowest BCUT2D eigenvalue weighted by atomic mass is 9.91. The summed E-state index contributed by atoms with van der Waals surface area (Å²) in [6.07, 6.45) is 1.45. The van der Waals surface area contributed by atoms with E-state index >= 15 is 0 Å². The molecule has 0 atom stereocenters. The van der Waals surface area contributed by atoms with Crippen molar-refractivity contribution in [1.82, 2.24) is 9.80 Å². The maximum Gasteiger partial charge on any atom is 0.343 e. The molecule has 0 bridgehead atoms. The molecule has 2 heterocycles. The van der Waals surface area contributed by atoms with Gasteiger partial charge < -0.3 is 14.5 Å². The minimum Gasteiger partial charge on any atom is -0.423 e. The second-order valence-corrected chi connectivity index (χ2v) is 7.20. The fraction of sp³-hybridized carbons (Fsp3) is 0.174. The van der Waals surface area contributed by atoms with Crippen LogP contribution in [0.1, 0.15) is 15.9 Å². The lowest BCUT2D eigenvalue weighted by molar-refractivity contribution is -0.115. The molecule has 0 aromatic heterocycles. The highest BCUT2D eigenvalue weighted by Crippen LogP contribution is 2.36. The van der Waals surface area contributed by atoms with E-state index in [4.69, 9.17) is 4.74 Å². The molecular formula is C23H18N2O4. The maximum absolute atomic E-state index is 13.2. The zero-order valence-corrected chi connectivity index (χ0v) is 15.6. The van der Waals surface area contributed by atoms with Gasteiger partial charge in [-0.1, -0.05) is 30.3 Å². The molecule has 0 saturated carbocycles. The average Bonchev–Trinajstić information content (AvgIpc) is 3.63. The lowest BCUT2D eigenvalue weighted by Gasteiger charge is -2.21. The number of ether oxygens (including phenoxy) is 1. The summed E-state index contributed by atoms with van der Waals surface area (Å²) in [4.78, 5) is 42.1. The Morgan fingerprint density at radius 3 is 2.28 bits per heavy atom. The largest absolute Gasteiger partial charge is 0.423 e. The second kappa shape index (κ2) is 6.74. The standard InChI is InChI=1S/C23H18N2O4/c26-19-14-18(24-9-10-24)22(27)20(21(19)25-11-12-25)16-7-4-8-17(13-16)29-23(28)15-5-2-1-3-6-15/h1-8,13-14H,9-12H2. The first-order valence-corrected chi connectivity index (χ1v) is 9.54. The normalized spacial score (nSPS) is 18.0. The molecule has 0 N–H and O–H groups in total. The number of hydrogen-bond acceptors (Lipinski definition) is 6. The van der Waals surface area contributed by atoms with Gasteiger partial charge in [-0.05, 0) is 29.8 Å². The minimum atomic E-state index is -0.474. The number of carbonyl (C=O) groups is 3. The van der Waals surface area contributed by atoms with Crippen LogP contribution in [-0.4, -0.2) is 53.5 Å². The highest BCUT2D eigenvalue weighted by Gasteiger charge is 2.39. The van der Waals surface area contributed by atoms with Gasteiger partial charge in [0.15, 0.2) is 0 Å². The van der Waals surface area contributed by atoms with Crippen molar-refractivity contribution in [2.45, 2.75) is 0 Å². The molecule has 0 spiro atoms. The Morgan fingerprint density at radius 2 is 1.59 bits per heavy atom. The summed E-state index contributed by atoms with van der Waals surface area (Å²) in [6.45, 7) is 3.08. The molecular weight excluding hydrogens is 368 g/mol. The van der Waals surface area contributed by atoms with E-state index in [9.17, 15) is 14.4 Å². The molecule has 3 aliphatic rings. The number of Topliss-reactive ketones (excluding diaryl/α,β-unsaturated/α-hetero) is 1. The fourth-order valence-corrected chi connectivity index (χ4v) is 3.45. The van der Waals surface area contributed by atoms with Gasteiger partial charge in [0.25, 0.3) is 0 Å². The van der Waals surface area contributed by atoms with Crippen LogP contribution in [0.4, 0.5) is 0 Å². The van der Waals surface area contributed by atoms with Crippen LogP contribution in [0.3, 0.4) is 0 Å². The van der Waals surface area contributed by atoms with Crippen LogP contribution in [0.5, 0.6) is 5.75 Å². The predicted molar refractivity (Wildman–Crippen MR) is 106 cm³/mol. The third-order valence-corrected chi connectivity index (χ3v) is 5.09. The smallest absolute Gasteiger partial charge is 0.343 e. The Hall–Kier alpha value is -3.67. The summed E-state index contributed by atoms with van der Waals surface area (Å²) in [6, 6.07) is 15.5. The Labute approximate surface area is 167 Å². The molecule has 0 radical (unpaired) electrons. The van der Waals surface area contributed by atoms with Gasteiger partial charge in [-0.2, -0.15) is 0 Å². The van der Waals surface area contributed by atoms with Crippen molar-refractivity contribution in [2.24, 2.45) is 0 Å². The molecule has 2 aromatic carbocycles. The van der Waals surface area contributed by atoms with Crippen molar-refractivity contribution in [1.29, 1.82) is 0 Å². The predicted octanol–water partition coefficient (Wildman–Crippen LogP) is 2.28. The van der Waals surface area contributed by atoms with Crippen molar-refractivity contribution in [3.05, 3.63) is 83.2 Å². The topological polar surface area (TPSA) is 66.5 Å². The van der Waals surface area contributed by atoms with E-state index in [1.54, 1.807) is 48.5 Å². The van der Waals surface area contributed by atoms with Gasteiger partial charge in [-0.25, -0.2) is 4.79 Å². The first kappa shape index (κ1) is 17.4. The Kier molecular flexibility index (Phi) is 4.05. The van der Waals surface area contributed by atoms with Gasteiger partial charge in [0, 0.05) is 32.3 Å². The van der Waals surface area contributed by atoms with E-state index < -0.39 is 5.97 Å². The number of rotatable bonds is 5. The number of carbonyl (C=O) groups excluding carboxylic acids is 3. The van der Waals surface area contributed by atoms with Crippen molar-refractivity contribution < 1.29 is 19.1 Å². The second-order valence-electron chi connectivity index (χ2n) is 7.20. The van der Waals surface area contributed by atoms with Crippen molar-refractivity contribution >= 4 is 23.1 Å². The summed E-state index contributed by atoms with van der Waals surface area (Å²) in [7, 11) is 0. The van der Waals surface area contributed by atoms with E-state index in [1.807, 2.05) is 15.9 Å². The lowest BCUT2D eigenvalue weighted by Crippen LogP contribution is -2.25. The first-order chi connectivity index (χ1) is 14.1. The van der Waals surface area contributed by atoms with E-state index in [0.29, 0.717) is 33.8 Å². The molecule has 0 unspecified atom stereocenters. The van der Waals surface area contributed by atoms with E-state index in [-0.39, 0.29) is 11.6 Å². The maximum atomic E-state index is 13.2. The number of nitrogens with zero attached hydrogens (tertiary/aromatic N) is 2. The molecule has 144 valence electrons.